The molecule has 1 aromatic rings. The molecule has 0 radical (unpaired) electrons. The number of aromatic nitrogens is 2. The van der Waals surface area contributed by atoms with Gasteiger partial charge >= 0.3 is 11.7 Å². The van der Waals surface area contributed by atoms with Crippen LogP contribution in [-0.4, -0.2) is 52.6 Å². The quantitative estimate of drug-likeness (QED) is 0.572. The molecule has 0 aromatic carbocycles. The first-order valence-electron chi connectivity index (χ1n) is 6.82. The van der Waals surface area contributed by atoms with Crippen LogP contribution >= 0.6 is 0 Å². The molecule has 0 aliphatic carbocycles. The number of carbonyl (C=O) groups excluding carboxylic acids is 2. The molecule has 0 saturated heterocycles. The first-order chi connectivity index (χ1) is 10.4. The lowest BCUT2D eigenvalue weighted by Gasteiger charge is -2.21. The van der Waals surface area contributed by atoms with Crippen LogP contribution in [0.1, 0.15) is 12.5 Å². The van der Waals surface area contributed by atoms with Gasteiger partial charge in [-0.05, 0) is 13.8 Å². The fraction of sp³-hybridized carbons (Fsp3) is 0.538. The molecule has 0 atom stereocenters. The molecular weight excluding hydrogens is 292 g/mol. The van der Waals surface area contributed by atoms with E-state index in [0.29, 0.717) is 5.56 Å². The fourth-order valence-corrected chi connectivity index (χ4v) is 1.79. The van der Waals surface area contributed by atoms with Crippen molar-refractivity contribution in [3.8, 4) is 0 Å². The maximum absolute atomic E-state index is 12.2. The van der Waals surface area contributed by atoms with E-state index in [9.17, 15) is 19.2 Å². The Morgan fingerprint density at radius 1 is 1.41 bits per heavy atom. The van der Waals surface area contributed by atoms with Gasteiger partial charge in [0.05, 0.1) is 6.61 Å². The topological polar surface area (TPSA) is 127 Å². The van der Waals surface area contributed by atoms with Crippen molar-refractivity contribution in [3.05, 3.63) is 32.6 Å². The van der Waals surface area contributed by atoms with Crippen LogP contribution in [0.5, 0.6) is 0 Å². The van der Waals surface area contributed by atoms with E-state index in [1.807, 2.05) is 0 Å². The van der Waals surface area contributed by atoms with Crippen molar-refractivity contribution < 1.29 is 14.3 Å². The lowest BCUT2D eigenvalue weighted by atomic mass is 10.3. The standard InChI is InChI=1S/C13H20N4O5/c1-3-22-11(19)8-16(5-4-14)10(18)7-17-6-9(2)12(20)15-13(17)21/h6H,3-5,7-8,14H2,1-2H3,(H,15,20,21). The number of carbonyl (C=O) groups is 2. The van der Waals surface area contributed by atoms with Crippen LogP contribution in [0.4, 0.5) is 0 Å². The molecule has 1 aromatic heterocycles. The van der Waals surface area contributed by atoms with Gasteiger partial charge in [0.15, 0.2) is 0 Å². The highest BCUT2D eigenvalue weighted by Crippen LogP contribution is 1.95. The molecule has 0 bridgehead atoms. The summed E-state index contributed by atoms with van der Waals surface area (Å²) >= 11 is 0. The van der Waals surface area contributed by atoms with E-state index in [-0.39, 0.29) is 32.8 Å². The number of ether oxygens (including phenoxy) is 1. The van der Waals surface area contributed by atoms with Crippen molar-refractivity contribution in [2.24, 2.45) is 5.73 Å². The number of nitrogens with one attached hydrogen (secondary N) is 1. The maximum atomic E-state index is 12.2. The average molecular weight is 312 g/mol. The number of aromatic amines is 1. The molecule has 3 N–H and O–H groups in total. The summed E-state index contributed by atoms with van der Waals surface area (Å²) in [7, 11) is 0. The summed E-state index contributed by atoms with van der Waals surface area (Å²) in [6, 6.07) is 0. The van der Waals surface area contributed by atoms with Crippen molar-refractivity contribution in [2.45, 2.75) is 20.4 Å². The van der Waals surface area contributed by atoms with Crippen molar-refractivity contribution in [1.29, 1.82) is 0 Å². The molecule has 0 fully saturated rings. The van der Waals surface area contributed by atoms with Crippen LogP contribution in [0.3, 0.4) is 0 Å². The number of hydrogen-bond donors (Lipinski definition) is 2. The molecule has 9 heteroatoms. The lowest BCUT2D eigenvalue weighted by molar-refractivity contribution is -0.149. The minimum Gasteiger partial charge on any atom is -0.465 e. The van der Waals surface area contributed by atoms with E-state index < -0.39 is 23.1 Å². The number of nitrogens with zero attached hydrogens (tertiary/aromatic N) is 2. The molecule has 1 amide bonds. The Balaban J connectivity index is 2.87. The normalized spacial score (nSPS) is 10.3. The van der Waals surface area contributed by atoms with Crippen molar-refractivity contribution in [3.63, 3.8) is 0 Å². The van der Waals surface area contributed by atoms with Crippen LogP contribution in [0, 0.1) is 6.92 Å². The van der Waals surface area contributed by atoms with Crippen LogP contribution in [0.25, 0.3) is 0 Å². The molecule has 22 heavy (non-hydrogen) atoms. The molecule has 0 spiro atoms. The van der Waals surface area contributed by atoms with Gasteiger partial charge in [-0.15, -0.1) is 0 Å². The van der Waals surface area contributed by atoms with E-state index >= 15 is 0 Å². The van der Waals surface area contributed by atoms with Crippen LogP contribution < -0.4 is 17.0 Å². The zero-order chi connectivity index (χ0) is 16.7. The Labute approximate surface area is 126 Å². The summed E-state index contributed by atoms with van der Waals surface area (Å²) in [4.78, 5) is 49.9. The molecule has 1 heterocycles. The third kappa shape index (κ3) is 4.85. The molecule has 0 aliphatic rings. The summed E-state index contributed by atoms with van der Waals surface area (Å²) in [5.74, 6) is -1.01. The Kier molecular flexibility index (Phi) is 6.51. The summed E-state index contributed by atoms with van der Waals surface area (Å²) in [6.07, 6.45) is 1.30. The monoisotopic (exact) mass is 312 g/mol. The maximum Gasteiger partial charge on any atom is 0.328 e. The third-order valence-electron chi connectivity index (χ3n) is 2.87. The van der Waals surface area contributed by atoms with Gasteiger partial charge in [0.25, 0.3) is 5.56 Å². The predicted octanol–water partition coefficient (Wildman–Crippen LogP) is -1.80. The first-order valence-corrected chi connectivity index (χ1v) is 6.82. The van der Waals surface area contributed by atoms with Gasteiger partial charge in [-0.2, -0.15) is 0 Å². The van der Waals surface area contributed by atoms with E-state index in [1.54, 1.807) is 6.92 Å². The van der Waals surface area contributed by atoms with Crippen molar-refractivity contribution >= 4 is 11.9 Å². The van der Waals surface area contributed by atoms with Crippen molar-refractivity contribution in [2.75, 3.05) is 26.2 Å². The first kappa shape index (κ1) is 17.6. The summed E-state index contributed by atoms with van der Waals surface area (Å²) in [5.41, 5.74) is 4.54. The van der Waals surface area contributed by atoms with Gasteiger partial charge in [0.2, 0.25) is 5.91 Å². The van der Waals surface area contributed by atoms with Gasteiger partial charge in [0, 0.05) is 24.8 Å². The minimum atomic E-state index is -0.687. The minimum absolute atomic E-state index is 0.161. The second-order valence-electron chi connectivity index (χ2n) is 4.61. The molecule has 9 nitrogen and oxygen atoms in total. The average Bonchev–Trinajstić information content (AvgIpc) is 2.44. The van der Waals surface area contributed by atoms with E-state index in [4.69, 9.17) is 10.5 Å². The van der Waals surface area contributed by atoms with Crippen LogP contribution in [0.15, 0.2) is 15.8 Å². The highest BCUT2D eigenvalue weighted by molar-refractivity contribution is 5.82. The second kappa shape index (κ2) is 8.13. The Bertz CT molecular complexity index is 649. The number of H-pyrrole nitrogens is 1. The van der Waals surface area contributed by atoms with E-state index in [2.05, 4.69) is 4.98 Å². The largest absolute Gasteiger partial charge is 0.465 e. The number of rotatable bonds is 7. The van der Waals surface area contributed by atoms with Gasteiger partial charge < -0.3 is 15.4 Å². The molecular formula is C13H20N4O5. The smallest absolute Gasteiger partial charge is 0.328 e. The van der Waals surface area contributed by atoms with Gasteiger partial charge in [0.1, 0.15) is 13.1 Å². The summed E-state index contributed by atoms with van der Waals surface area (Å²) in [6.45, 7) is 3.20. The number of hydrogen-bond acceptors (Lipinski definition) is 6. The molecule has 0 saturated carbocycles. The Morgan fingerprint density at radius 3 is 2.68 bits per heavy atom. The highest BCUT2D eigenvalue weighted by atomic mass is 16.5. The van der Waals surface area contributed by atoms with E-state index in [1.165, 1.54) is 18.0 Å². The number of nitrogens with two attached hydrogens (primary N) is 1. The molecule has 0 aliphatic heterocycles. The summed E-state index contributed by atoms with van der Waals surface area (Å²) in [5, 5.41) is 0. The summed E-state index contributed by atoms with van der Waals surface area (Å²) < 4.78 is 5.87. The predicted molar refractivity (Wildman–Crippen MR) is 78.3 cm³/mol. The molecule has 122 valence electrons. The molecule has 0 unspecified atom stereocenters. The number of amides is 1. The fourth-order valence-electron chi connectivity index (χ4n) is 1.79. The van der Waals surface area contributed by atoms with Crippen molar-refractivity contribution in [1.82, 2.24) is 14.5 Å². The van der Waals surface area contributed by atoms with E-state index in [0.717, 1.165) is 4.57 Å². The lowest BCUT2D eigenvalue weighted by Crippen LogP contribution is -2.43. The van der Waals surface area contributed by atoms with Gasteiger partial charge in [-0.3, -0.25) is 23.9 Å². The Hall–Kier alpha value is -2.42. The third-order valence-corrected chi connectivity index (χ3v) is 2.87. The zero-order valence-electron chi connectivity index (χ0n) is 12.6. The molecule has 1 rings (SSSR count). The van der Waals surface area contributed by atoms with Gasteiger partial charge in [-0.1, -0.05) is 0 Å². The van der Waals surface area contributed by atoms with Gasteiger partial charge in [-0.25, -0.2) is 4.79 Å². The second-order valence-corrected chi connectivity index (χ2v) is 4.61. The zero-order valence-corrected chi connectivity index (χ0v) is 12.6. The Morgan fingerprint density at radius 2 is 2.09 bits per heavy atom. The van der Waals surface area contributed by atoms with Crippen LogP contribution in [-0.2, 0) is 20.9 Å². The number of aryl methyl sites for hydroxylation is 1. The van der Waals surface area contributed by atoms with Crippen LogP contribution in [0.2, 0.25) is 0 Å². The SMILES string of the molecule is CCOC(=O)CN(CCN)C(=O)Cn1cc(C)c(=O)[nH]c1=O. The highest BCUT2D eigenvalue weighted by Gasteiger charge is 2.18. The number of esters is 1.